The van der Waals surface area contributed by atoms with Crippen LogP contribution in [-0.2, 0) is 9.59 Å². The maximum Gasteiger partial charge on any atom is 0.233 e. The largest absolute Gasteiger partial charge is 0.325 e. The summed E-state index contributed by atoms with van der Waals surface area (Å²) >= 11 is 5.91. The van der Waals surface area contributed by atoms with Crippen molar-refractivity contribution in [3.63, 3.8) is 0 Å². The molecule has 4 nitrogen and oxygen atoms in total. The van der Waals surface area contributed by atoms with Crippen molar-refractivity contribution < 1.29 is 9.59 Å². The van der Waals surface area contributed by atoms with Gasteiger partial charge in [0.2, 0.25) is 11.8 Å². The van der Waals surface area contributed by atoms with E-state index >= 15 is 0 Å². The number of rotatable bonds is 4. The molecule has 0 atom stereocenters. The zero-order chi connectivity index (χ0) is 17.0. The van der Waals surface area contributed by atoms with Crippen molar-refractivity contribution in [1.82, 2.24) is 0 Å². The third kappa shape index (κ3) is 4.83. The van der Waals surface area contributed by atoms with Gasteiger partial charge < -0.3 is 10.6 Å². The number of anilines is 2. The van der Waals surface area contributed by atoms with Gasteiger partial charge in [-0.2, -0.15) is 0 Å². The van der Waals surface area contributed by atoms with Crippen molar-refractivity contribution in [2.75, 3.05) is 10.6 Å². The third-order valence-electron chi connectivity index (χ3n) is 3.46. The first kappa shape index (κ1) is 17.0. The number of aryl methyl sites for hydroxylation is 3. The number of hydrogen-bond donors (Lipinski definition) is 2. The Morgan fingerprint density at radius 1 is 0.870 bits per heavy atom. The molecule has 120 valence electrons. The maximum absolute atomic E-state index is 12.0. The lowest BCUT2D eigenvalue weighted by Crippen LogP contribution is -2.22. The third-order valence-corrected chi connectivity index (χ3v) is 3.70. The number of halogens is 1. The zero-order valence-electron chi connectivity index (χ0n) is 13.4. The molecule has 0 unspecified atom stereocenters. The molecule has 0 bridgehead atoms. The lowest BCUT2D eigenvalue weighted by atomic mass is 10.1. The van der Waals surface area contributed by atoms with E-state index in [9.17, 15) is 9.59 Å². The van der Waals surface area contributed by atoms with E-state index in [-0.39, 0.29) is 18.2 Å². The predicted octanol–water partition coefficient (Wildman–Crippen LogP) is 4.23. The molecule has 2 aromatic carbocycles. The summed E-state index contributed by atoms with van der Waals surface area (Å²) in [5, 5.41) is 6.01. The van der Waals surface area contributed by atoms with Crippen LogP contribution < -0.4 is 10.6 Å². The highest BCUT2D eigenvalue weighted by molar-refractivity contribution is 6.31. The van der Waals surface area contributed by atoms with E-state index in [2.05, 4.69) is 10.6 Å². The quantitative estimate of drug-likeness (QED) is 0.824. The minimum absolute atomic E-state index is 0.251. The van der Waals surface area contributed by atoms with Gasteiger partial charge in [0.1, 0.15) is 6.42 Å². The summed E-state index contributed by atoms with van der Waals surface area (Å²) in [7, 11) is 0. The molecule has 0 aliphatic rings. The highest BCUT2D eigenvalue weighted by Crippen LogP contribution is 2.20. The molecule has 2 aromatic rings. The lowest BCUT2D eigenvalue weighted by Gasteiger charge is -2.11. The molecule has 2 amide bonds. The van der Waals surface area contributed by atoms with Crippen LogP contribution in [0.3, 0.4) is 0 Å². The van der Waals surface area contributed by atoms with E-state index in [0.717, 1.165) is 22.4 Å². The molecule has 2 N–H and O–H groups in total. The normalized spacial score (nSPS) is 10.3. The molecule has 0 aromatic heterocycles. The molecule has 0 radical (unpaired) electrons. The van der Waals surface area contributed by atoms with Crippen LogP contribution in [0, 0.1) is 20.8 Å². The molecule has 0 heterocycles. The minimum Gasteiger partial charge on any atom is -0.325 e. The Morgan fingerprint density at radius 2 is 1.39 bits per heavy atom. The first-order valence-corrected chi connectivity index (χ1v) is 7.66. The standard InChI is InChI=1S/C18H19ClN2O2/c1-11-4-5-12(2)15(8-11)20-17(22)10-18(23)21-16-9-14(19)7-6-13(16)3/h4-9H,10H2,1-3H3,(H,20,22)(H,21,23). The number of nitrogens with one attached hydrogen (secondary N) is 2. The second kappa shape index (κ2) is 7.29. The Morgan fingerprint density at radius 3 is 2.00 bits per heavy atom. The summed E-state index contributed by atoms with van der Waals surface area (Å²) in [6, 6.07) is 11.0. The van der Waals surface area contributed by atoms with Crippen molar-refractivity contribution in [1.29, 1.82) is 0 Å². The van der Waals surface area contributed by atoms with Crippen molar-refractivity contribution in [3.8, 4) is 0 Å². The molecule has 0 aliphatic heterocycles. The Bertz CT molecular complexity index is 693. The first-order valence-electron chi connectivity index (χ1n) is 7.28. The lowest BCUT2D eigenvalue weighted by molar-refractivity contribution is -0.123. The summed E-state index contributed by atoms with van der Waals surface area (Å²) in [5.41, 5.74) is 4.22. The molecule has 5 heteroatoms. The first-order chi connectivity index (χ1) is 10.8. The predicted molar refractivity (Wildman–Crippen MR) is 94.0 cm³/mol. The van der Waals surface area contributed by atoms with Crippen LogP contribution in [0.25, 0.3) is 0 Å². The van der Waals surface area contributed by atoms with Gasteiger partial charge in [-0.25, -0.2) is 0 Å². The van der Waals surface area contributed by atoms with Gasteiger partial charge in [-0.15, -0.1) is 0 Å². The van der Waals surface area contributed by atoms with Crippen molar-refractivity contribution in [2.24, 2.45) is 0 Å². The van der Waals surface area contributed by atoms with Crippen LogP contribution in [0.15, 0.2) is 36.4 Å². The van der Waals surface area contributed by atoms with Crippen molar-refractivity contribution in [3.05, 3.63) is 58.1 Å². The van der Waals surface area contributed by atoms with Gasteiger partial charge in [0.25, 0.3) is 0 Å². The number of hydrogen-bond acceptors (Lipinski definition) is 2. The SMILES string of the molecule is Cc1ccc(C)c(NC(=O)CC(=O)Nc2cc(Cl)ccc2C)c1. The molecule has 0 spiro atoms. The second-order valence-corrected chi connectivity index (χ2v) is 5.99. The highest BCUT2D eigenvalue weighted by Gasteiger charge is 2.12. The minimum atomic E-state index is -0.377. The molecule has 0 aliphatic carbocycles. The fourth-order valence-electron chi connectivity index (χ4n) is 2.13. The van der Waals surface area contributed by atoms with Crippen LogP contribution in [0.4, 0.5) is 11.4 Å². The van der Waals surface area contributed by atoms with Crippen LogP contribution in [-0.4, -0.2) is 11.8 Å². The van der Waals surface area contributed by atoms with Gasteiger partial charge in [0, 0.05) is 16.4 Å². The summed E-state index contributed by atoms with van der Waals surface area (Å²) < 4.78 is 0. The van der Waals surface area contributed by atoms with E-state index in [1.165, 1.54) is 0 Å². The molecular weight excluding hydrogens is 312 g/mol. The Kier molecular flexibility index (Phi) is 5.40. The highest BCUT2D eigenvalue weighted by atomic mass is 35.5. The van der Waals surface area contributed by atoms with Crippen molar-refractivity contribution in [2.45, 2.75) is 27.2 Å². The van der Waals surface area contributed by atoms with Gasteiger partial charge in [-0.1, -0.05) is 29.8 Å². The molecule has 0 saturated heterocycles. The monoisotopic (exact) mass is 330 g/mol. The van der Waals surface area contributed by atoms with Gasteiger partial charge in [-0.3, -0.25) is 9.59 Å². The second-order valence-electron chi connectivity index (χ2n) is 5.55. The Labute approximate surface area is 140 Å². The Hall–Kier alpha value is -2.33. The fourth-order valence-corrected chi connectivity index (χ4v) is 2.31. The van der Waals surface area contributed by atoms with Crippen molar-refractivity contribution >= 4 is 34.8 Å². The van der Waals surface area contributed by atoms with E-state index in [0.29, 0.717) is 10.7 Å². The van der Waals surface area contributed by atoms with E-state index in [1.54, 1.807) is 12.1 Å². The smallest absolute Gasteiger partial charge is 0.233 e. The van der Waals surface area contributed by atoms with Gasteiger partial charge in [0.05, 0.1) is 0 Å². The topological polar surface area (TPSA) is 58.2 Å². The van der Waals surface area contributed by atoms with Crippen LogP contribution in [0.1, 0.15) is 23.1 Å². The van der Waals surface area contributed by atoms with Crippen LogP contribution in [0.5, 0.6) is 0 Å². The van der Waals surface area contributed by atoms with Gasteiger partial charge >= 0.3 is 0 Å². The van der Waals surface area contributed by atoms with Gasteiger partial charge in [0.15, 0.2) is 0 Å². The van der Waals surface area contributed by atoms with Crippen LogP contribution >= 0.6 is 11.6 Å². The summed E-state index contributed by atoms with van der Waals surface area (Å²) in [4.78, 5) is 24.0. The number of carbonyl (C=O) groups is 2. The van der Waals surface area contributed by atoms with E-state index < -0.39 is 0 Å². The molecule has 23 heavy (non-hydrogen) atoms. The molecule has 0 saturated carbocycles. The number of amides is 2. The zero-order valence-corrected chi connectivity index (χ0v) is 14.1. The number of carbonyl (C=O) groups excluding carboxylic acids is 2. The molecule has 0 fully saturated rings. The summed E-state index contributed by atoms with van der Waals surface area (Å²) in [6.07, 6.45) is -0.251. The summed E-state index contributed by atoms with van der Waals surface area (Å²) in [6.45, 7) is 5.72. The average Bonchev–Trinajstić information content (AvgIpc) is 2.46. The number of benzene rings is 2. The van der Waals surface area contributed by atoms with E-state index in [1.807, 2.05) is 45.0 Å². The molecule has 2 rings (SSSR count). The summed E-state index contributed by atoms with van der Waals surface area (Å²) in [5.74, 6) is -0.728. The fraction of sp³-hybridized carbons (Fsp3) is 0.222. The maximum atomic E-state index is 12.0. The Balaban J connectivity index is 1.98. The molecular formula is C18H19ClN2O2. The van der Waals surface area contributed by atoms with Gasteiger partial charge in [-0.05, 0) is 55.7 Å². The average molecular weight is 331 g/mol. The van der Waals surface area contributed by atoms with E-state index in [4.69, 9.17) is 11.6 Å². The van der Waals surface area contributed by atoms with Crippen LogP contribution in [0.2, 0.25) is 5.02 Å².